The van der Waals surface area contributed by atoms with Gasteiger partial charge in [-0.1, -0.05) is 50.1 Å². The van der Waals surface area contributed by atoms with Crippen LogP contribution in [0.3, 0.4) is 0 Å². The van der Waals surface area contributed by atoms with Gasteiger partial charge >= 0.3 is 12.0 Å². The van der Waals surface area contributed by atoms with E-state index in [-0.39, 0.29) is 6.04 Å². The number of esters is 1. The molecule has 0 heterocycles. The first-order valence-electron chi connectivity index (χ1n) is 9.29. The van der Waals surface area contributed by atoms with Gasteiger partial charge in [-0.3, -0.25) is 10.1 Å². The average Bonchev–Trinajstić information content (AvgIpc) is 2.67. The fourth-order valence-corrected chi connectivity index (χ4v) is 3.43. The van der Waals surface area contributed by atoms with Gasteiger partial charge in [0.1, 0.15) is 0 Å². The maximum absolute atomic E-state index is 12.1. The van der Waals surface area contributed by atoms with E-state index in [2.05, 4.69) is 17.6 Å². The van der Waals surface area contributed by atoms with E-state index in [9.17, 15) is 14.4 Å². The van der Waals surface area contributed by atoms with Gasteiger partial charge in [-0.25, -0.2) is 9.59 Å². The van der Waals surface area contributed by atoms with Crippen molar-refractivity contribution in [2.45, 2.75) is 38.6 Å². The molecule has 2 aromatic rings. The molecule has 27 heavy (non-hydrogen) atoms. The summed E-state index contributed by atoms with van der Waals surface area (Å²) >= 11 is 0. The maximum Gasteiger partial charge on any atom is 0.338 e. The summed E-state index contributed by atoms with van der Waals surface area (Å²) in [6.07, 6.45) is 4.24. The summed E-state index contributed by atoms with van der Waals surface area (Å²) in [7, 11) is 0. The first-order chi connectivity index (χ1) is 13.0. The van der Waals surface area contributed by atoms with Crippen LogP contribution in [0.15, 0.2) is 42.5 Å². The number of rotatable bonds is 4. The molecular weight excluding hydrogens is 344 g/mol. The van der Waals surface area contributed by atoms with Gasteiger partial charge in [-0.2, -0.15) is 0 Å². The van der Waals surface area contributed by atoms with Gasteiger partial charge in [0.25, 0.3) is 5.91 Å². The second kappa shape index (κ2) is 8.66. The Morgan fingerprint density at radius 1 is 1.04 bits per heavy atom. The van der Waals surface area contributed by atoms with Gasteiger partial charge in [-0.15, -0.1) is 0 Å². The van der Waals surface area contributed by atoms with Crippen molar-refractivity contribution in [3.63, 3.8) is 0 Å². The van der Waals surface area contributed by atoms with E-state index in [1.54, 1.807) is 12.1 Å². The Kier molecular flexibility index (Phi) is 6.06. The summed E-state index contributed by atoms with van der Waals surface area (Å²) in [5.41, 5.74) is 0.363. The number of hydrogen-bond donors (Lipinski definition) is 2. The standard InChI is InChI=1S/C21H24N2O4/c1-14-6-2-5-9-18(14)22-21(26)23-19(24)13-27-20(25)17-11-10-15-7-3-4-8-16(15)12-17/h3-4,7-8,10-12,14,18H,2,5-6,9,13H2,1H3,(H2,22,23,24,26)/t14-,18+/m1/s1. The van der Waals surface area contributed by atoms with Gasteiger partial charge in [0.05, 0.1) is 5.56 Å². The van der Waals surface area contributed by atoms with E-state index in [1.165, 1.54) is 6.42 Å². The lowest BCUT2D eigenvalue weighted by atomic mass is 9.86. The minimum atomic E-state index is -0.648. The van der Waals surface area contributed by atoms with Gasteiger partial charge in [0, 0.05) is 6.04 Å². The molecule has 0 bridgehead atoms. The third kappa shape index (κ3) is 5.06. The van der Waals surface area contributed by atoms with Crippen molar-refractivity contribution in [2.75, 3.05) is 6.61 Å². The number of amides is 3. The molecule has 1 aliphatic carbocycles. The highest BCUT2D eigenvalue weighted by Gasteiger charge is 2.23. The van der Waals surface area contributed by atoms with Crippen LogP contribution >= 0.6 is 0 Å². The summed E-state index contributed by atoms with van der Waals surface area (Å²) in [4.78, 5) is 36.0. The summed E-state index contributed by atoms with van der Waals surface area (Å²) < 4.78 is 5.02. The largest absolute Gasteiger partial charge is 0.452 e. The van der Waals surface area contributed by atoms with Gasteiger partial charge < -0.3 is 10.1 Å². The van der Waals surface area contributed by atoms with Crippen LogP contribution in [0.5, 0.6) is 0 Å². The first kappa shape index (κ1) is 18.9. The fourth-order valence-electron chi connectivity index (χ4n) is 3.43. The number of hydrogen-bond acceptors (Lipinski definition) is 4. The van der Waals surface area contributed by atoms with E-state index in [4.69, 9.17) is 4.74 Å². The number of carbonyl (C=O) groups is 3. The van der Waals surface area contributed by atoms with Crippen molar-refractivity contribution < 1.29 is 19.1 Å². The molecule has 2 aromatic carbocycles. The molecule has 1 fully saturated rings. The lowest BCUT2D eigenvalue weighted by Crippen LogP contribution is -2.48. The Morgan fingerprint density at radius 2 is 1.78 bits per heavy atom. The van der Waals surface area contributed by atoms with Crippen LogP contribution < -0.4 is 10.6 Å². The number of fused-ring (bicyclic) bond motifs is 1. The van der Waals surface area contributed by atoms with E-state index < -0.39 is 24.5 Å². The lowest BCUT2D eigenvalue weighted by Gasteiger charge is -2.29. The molecule has 1 aliphatic rings. The molecule has 142 valence electrons. The van der Waals surface area contributed by atoms with Crippen molar-refractivity contribution >= 4 is 28.7 Å². The Bertz CT molecular complexity index is 849. The molecule has 0 spiro atoms. The lowest BCUT2D eigenvalue weighted by molar-refractivity contribution is -0.123. The monoisotopic (exact) mass is 368 g/mol. The Hall–Kier alpha value is -2.89. The van der Waals surface area contributed by atoms with Crippen molar-refractivity contribution in [1.29, 1.82) is 0 Å². The highest BCUT2D eigenvalue weighted by molar-refractivity contribution is 5.98. The van der Waals surface area contributed by atoms with Gasteiger partial charge in [-0.05, 0) is 41.7 Å². The topological polar surface area (TPSA) is 84.5 Å². The van der Waals surface area contributed by atoms with Crippen molar-refractivity contribution in [1.82, 2.24) is 10.6 Å². The smallest absolute Gasteiger partial charge is 0.338 e. The third-order valence-corrected chi connectivity index (χ3v) is 5.00. The predicted molar refractivity (Wildman–Crippen MR) is 102 cm³/mol. The van der Waals surface area contributed by atoms with E-state index in [0.717, 1.165) is 30.0 Å². The normalized spacial score (nSPS) is 19.3. The van der Waals surface area contributed by atoms with Crippen LogP contribution in [0.2, 0.25) is 0 Å². The molecular formula is C21H24N2O4. The van der Waals surface area contributed by atoms with Crippen LogP contribution in [-0.4, -0.2) is 30.6 Å². The van der Waals surface area contributed by atoms with Crippen molar-refractivity contribution in [2.24, 2.45) is 5.92 Å². The third-order valence-electron chi connectivity index (χ3n) is 5.00. The number of urea groups is 1. The zero-order valence-corrected chi connectivity index (χ0v) is 15.4. The molecule has 2 N–H and O–H groups in total. The van der Waals surface area contributed by atoms with Crippen LogP contribution in [0.1, 0.15) is 43.0 Å². The quantitative estimate of drug-likeness (QED) is 0.810. The minimum Gasteiger partial charge on any atom is -0.452 e. The Labute approximate surface area is 158 Å². The summed E-state index contributed by atoms with van der Waals surface area (Å²) in [6.45, 7) is 1.59. The van der Waals surface area contributed by atoms with E-state index in [1.807, 2.05) is 30.3 Å². The molecule has 0 radical (unpaired) electrons. The van der Waals surface area contributed by atoms with Gasteiger partial charge in [0.2, 0.25) is 0 Å². The molecule has 2 atom stereocenters. The molecule has 0 aromatic heterocycles. The number of benzene rings is 2. The maximum atomic E-state index is 12.1. The molecule has 0 saturated heterocycles. The predicted octanol–water partition coefficient (Wildman–Crippen LogP) is 3.40. The number of ether oxygens (including phenoxy) is 1. The number of imide groups is 1. The minimum absolute atomic E-state index is 0.0756. The zero-order valence-electron chi connectivity index (χ0n) is 15.4. The number of carbonyl (C=O) groups excluding carboxylic acids is 3. The van der Waals surface area contributed by atoms with Crippen LogP contribution in [0.4, 0.5) is 4.79 Å². The highest BCUT2D eigenvalue weighted by atomic mass is 16.5. The zero-order chi connectivity index (χ0) is 19.2. The average molecular weight is 368 g/mol. The Morgan fingerprint density at radius 3 is 2.56 bits per heavy atom. The molecule has 6 heteroatoms. The summed E-state index contributed by atoms with van der Waals surface area (Å²) in [5, 5.41) is 6.97. The fraction of sp³-hybridized carbons (Fsp3) is 0.381. The van der Waals surface area contributed by atoms with Crippen molar-refractivity contribution in [3.8, 4) is 0 Å². The SMILES string of the molecule is C[C@@H]1CCCC[C@@H]1NC(=O)NC(=O)COC(=O)c1ccc2ccccc2c1. The molecule has 0 unspecified atom stereocenters. The second-order valence-electron chi connectivity index (χ2n) is 7.03. The molecule has 0 aliphatic heterocycles. The van der Waals surface area contributed by atoms with Crippen LogP contribution in [0, 0.1) is 5.92 Å². The molecule has 3 amide bonds. The van der Waals surface area contributed by atoms with E-state index >= 15 is 0 Å². The van der Waals surface area contributed by atoms with E-state index in [0.29, 0.717) is 11.5 Å². The number of nitrogens with one attached hydrogen (secondary N) is 2. The molecule has 3 rings (SSSR count). The summed E-state index contributed by atoms with van der Waals surface area (Å²) in [5.74, 6) is -0.854. The molecule has 1 saturated carbocycles. The second-order valence-corrected chi connectivity index (χ2v) is 7.03. The van der Waals surface area contributed by atoms with Crippen LogP contribution in [-0.2, 0) is 9.53 Å². The Balaban J connectivity index is 1.47. The van der Waals surface area contributed by atoms with Gasteiger partial charge in [0.15, 0.2) is 6.61 Å². The summed E-state index contributed by atoms with van der Waals surface area (Å²) in [6, 6.07) is 12.4. The highest BCUT2D eigenvalue weighted by Crippen LogP contribution is 2.23. The first-order valence-corrected chi connectivity index (χ1v) is 9.29. The molecule has 6 nitrogen and oxygen atoms in total. The van der Waals surface area contributed by atoms with Crippen LogP contribution in [0.25, 0.3) is 10.8 Å². The van der Waals surface area contributed by atoms with Crippen molar-refractivity contribution in [3.05, 3.63) is 48.0 Å².